The number of hydrogen-bond acceptors (Lipinski definition) is 13. The smallest absolute Gasteiger partial charge is 0.246 e. The summed E-state index contributed by atoms with van der Waals surface area (Å²) in [5.74, 6) is -3.00. The second-order valence-corrected chi connectivity index (χ2v) is 10.9. The largest absolute Gasteiger partial charge is 0.391 e. The lowest BCUT2D eigenvalue weighted by Crippen LogP contribution is -2.70. The highest BCUT2D eigenvalue weighted by molar-refractivity contribution is 5.77. The van der Waals surface area contributed by atoms with Gasteiger partial charge in [-0.05, 0) is 6.42 Å². The molecule has 242 valence electrons. The highest BCUT2D eigenvalue weighted by Crippen LogP contribution is 2.35. The quantitative estimate of drug-likeness (QED) is 0.0792. The molecule has 0 aliphatic carbocycles. The normalized spacial score (nSPS) is 35.9. The van der Waals surface area contributed by atoms with E-state index >= 15 is 0 Å². The van der Waals surface area contributed by atoms with Crippen molar-refractivity contribution in [3.8, 4) is 0 Å². The molecule has 41 heavy (non-hydrogen) atoms. The summed E-state index contributed by atoms with van der Waals surface area (Å²) in [7, 11) is 0. The zero-order valence-electron chi connectivity index (χ0n) is 23.9. The molecule has 2 fully saturated rings. The number of amides is 1. The number of aliphatic hydroxyl groups is 8. The molecule has 2 aliphatic rings. The Hall–Kier alpha value is -1.01. The molecule has 0 bridgehead atoms. The lowest BCUT2D eigenvalue weighted by molar-refractivity contribution is -0.434. The van der Waals surface area contributed by atoms with Crippen molar-refractivity contribution in [2.45, 2.75) is 145 Å². The van der Waals surface area contributed by atoms with Crippen molar-refractivity contribution in [1.29, 1.82) is 0 Å². The van der Waals surface area contributed by atoms with Gasteiger partial charge in [-0.3, -0.25) is 4.79 Å². The van der Waals surface area contributed by atoms with Gasteiger partial charge in [-0.25, -0.2) is 0 Å². The van der Waals surface area contributed by atoms with E-state index in [4.69, 9.17) is 18.9 Å². The van der Waals surface area contributed by atoms with Gasteiger partial charge in [0.2, 0.25) is 11.7 Å². The fraction of sp³-hybridized carbons (Fsp3) is 0.963. The lowest BCUT2D eigenvalue weighted by Gasteiger charge is -2.49. The van der Waals surface area contributed by atoms with E-state index in [0.29, 0.717) is 6.54 Å². The van der Waals surface area contributed by atoms with E-state index in [9.17, 15) is 45.6 Å². The molecule has 14 heteroatoms. The number of carbonyl (C=O) groups is 1. The van der Waals surface area contributed by atoms with Gasteiger partial charge in [-0.15, -0.1) is 0 Å². The highest BCUT2D eigenvalue weighted by Gasteiger charge is 2.58. The molecule has 2 rings (SSSR count). The van der Waals surface area contributed by atoms with E-state index < -0.39 is 80.4 Å². The molecule has 2 heterocycles. The minimum atomic E-state index is -2.42. The van der Waals surface area contributed by atoms with Crippen molar-refractivity contribution in [1.82, 2.24) is 5.32 Å². The van der Waals surface area contributed by atoms with Gasteiger partial charge >= 0.3 is 0 Å². The van der Waals surface area contributed by atoms with Crippen LogP contribution < -0.4 is 5.32 Å². The topological polar surface area (TPSA) is 228 Å². The highest BCUT2D eigenvalue weighted by atomic mass is 16.8. The van der Waals surface area contributed by atoms with Crippen molar-refractivity contribution in [3.05, 3.63) is 0 Å². The average molecular weight is 598 g/mol. The van der Waals surface area contributed by atoms with Crippen LogP contribution in [0.5, 0.6) is 0 Å². The number of unbranched alkanes of at least 4 members (excludes halogenated alkanes) is 11. The zero-order chi connectivity index (χ0) is 30.4. The summed E-state index contributed by atoms with van der Waals surface area (Å²) in [6.07, 6.45) is -3.29. The minimum absolute atomic E-state index is 0.386. The Balaban J connectivity index is 1.78. The Morgan fingerprint density at radius 2 is 1.27 bits per heavy atom. The third-order valence-electron chi connectivity index (χ3n) is 7.55. The molecule has 0 aromatic rings. The van der Waals surface area contributed by atoms with Crippen LogP contribution >= 0.6 is 0 Å². The molecule has 0 radical (unpaired) electrons. The number of aliphatic hydroxyl groups excluding tert-OH is 8. The van der Waals surface area contributed by atoms with Gasteiger partial charge in [0, 0.05) is 6.54 Å². The first-order chi connectivity index (χ1) is 19.6. The van der Waals surface area contributed by atoms with E-state index in [1.807, 2.05) is 0 Å². The molecule has 14 nitrogen and oxygen atoms in total. The van der Waals surface area contributed by atoms with Crippen molar-refractivity contribution >= 4 is 5.91 Å². The molecule has 0 aromatic heterocycles. The van der Waals surface area contributed by atoms with E-state index in [-0.39, 0.29) is 0 Å². The van der Waals surface area contributed by atoms with Crippen LogP contribution in [0.1, 0.15) is 84.0 Å². The lowest BCUT2D eigenvalue weighted by atomic mass is 9.95. The average Bonchev–Trinajstić information content (AvgIpc) is 2.96. The first-order valence-corrected chi connectivity index (χ1v) is 14.8. The molecule has 0 unspecified atom stereocenters. The molecule has 1 amide bonds. The molecular formula is C27H51NO13. The van der Waals surface area contributed by atoms with Crippen molar-refractivity contribution in [3.63, 3.8) is 0 Å². The van der Waals surface area contributed by atoms with Crippen molar-refractivity contribution < 1.29 is 64.6 Å². The summed E-state index contributed by atoms with van der Waals surface area (Å²) in [5, 5.41) is 83.0. The number of carbonyl (C=O) groups excluding carboxylic acids is 1. The Morgan fingerprint density at radius 1 is 0.732 bits per heavy atom. The zero-order valence-corrected chi connectivity index (χ0v) is 23.9. The van der Waals surface area contributed by atoms with Crippen molar-refractivity contribution in [2.24, 2.45) is 0 Å². The number of ether oxygens (including phenoxy) is 4. The number of rotatable bonds is 19. The molecule has 2 saturated heterocycles. The van der Waals surface area contributed by atoms with Crippen LogP contribution in [-0.4, -0.2) is 128 Å². The van der Waals surface area contributed by atoms with Gasteiger partial charge in [0.1, 0.15) is 49.8 Å². The van der Waals surface area contributed by atoms with Gasteiger partial charge in [-0.2, -0.15) is 0 Å². The maximum Gasteiger partial charge on any atom is 0.246 e. The second kappa shape index (κ2) is 18.6. The van der Waals surface area contributed by atoms with Gasteiger partial charge in [0.25, 0.3) is 0 Å². The van der Waals surface area contributed by atoms with Crippen LogP contribution in [0.2, 0.25) is 0 Å². The Kier molecular flexibility index (Phi) is 16.4. The summed E-state index contributed by atoms with van der Waals surface area (Å²) in [6.45, 7) is 0.829. The van der Waals surface area contributed by atoms with Gasteiger partial charge in [0.05, 0.1) is 0 Å². The molecule has 0 aromatic carbocycles. The summed E-state index contributed by atoms with van der Waals surface area (Å²) in [4.78, 5) is 12.4. The summed E-state index contributed by atoms with van der Waals surface area (Å²) in [6, 6.07) is 0. The van der Waals surface area contributed by atoms with E-state index in [1.54, 1.807) is 0 Å². The first kappa shape index (κ1) is 36.2. The Bertz CT molecular complexity index is 733. The van der Waals surface area contributed by atoms with E-state index in [2.05, 4.69) is 12.2 Å². The number of nitrogens with one attached hydrogen (secondary N) is 1. The predicted molar refractivity (Wildman–Crippen MR) is 143 cm³/mol. The summed E-state index contributed by atoms with van der Waals surface area (Å²) >= 11 is 0. The van der Waals surface area contributed by atoms with Crippen LogP contribution in [0, 0.1) is 0 Å². The van der Waals surface area contributed by atoms with Crippen LogP contribution in [0.25, 0.3) is 0 Å². The third kappa shape index (κ3) is 10.9. The van der Waals surface area contributed by atoms with Crippen LogP contribution in [-0.2, 0) is 23.7 Å². The standard InChI is InChI=1S/C27H51NO13/c1-2-3-4-5-6-7-8-9-10-11-12-13-14-28-17(30)15-38-27(16-29)23(19(32)21(34)25(37)41-27)39-26-22(35)18(31)20(33)24(36)40-26/h18-26,29,31-37H,2-16H2,1H3,(H,28,30)/t18-,19-,20-,21+,22+,23-,24-,25+,26+,27+/m0/s1. The third-order valence-corrected chi connectivity index (χ3v) is 7.55. The fourth-order valence-corrected chi connectivity index (χ4v) is 4.94. The molecule has 10 atom stereocenters. The van der Waals surface area contributed by atoms with Crippen LogP contribution in [0.3, 0.4) is 0 Å². The molecule has 9 N–H and O–H groups in total. The van der Waals surface area contributed by atoms with E-state index in [1.165, 1.54) is 51.4 Å². The van der Waals surface area contributed by atoms with Crippen LogP contribution in [0.15, 0.2) is 0 Å². The van der Waals surface area contributed by atoms with Crippen molar-refractivity contribution in [2.75, 3.05) is 19.8 Å². The second-order valence-electron chi connectivity index (χ2n) is 10.9. The van der Waals surface area contributed by atoms with Crippen LogP contribution in [0.4, 0.5) is 0 Å². The molecule has 2 aliphatic heterocycles. The maximum absolute atomic E-state index is 12.4. The summed E-state index contributed by atoms with van der Waals surface area (Å²) < 4.78 is 21.0. The fourth-order valence-electron chi connectivity index (χ4n) is 4.94. The minimum Gasteiger partial charge on any atom is -0.391 e. The monoisotopic (exact) mass is 597 g/mol. The predicted octanol–water partition coefficient (Wildman–Crippen LogP) is -1.28. The number of hydrogen-bond donors (Lipinski definition) is 9. The Labute approximate surface area is 241 Å². The van der Waals surface area contributed by atoms with Gasteiger partial charge in [-0.1, -0.05) is 77.6 Å². The molecular weight excluding hydrogens is 546 g/mol. The maximum atomic E-state index is 12.4. The van der Waals surface area contributed by atoms with Gasteiger partial charge < -0.3 is 65.1 Å². The molecule has 0 saturated carbocycles. The van der Waals surface area contributed by atoms with E-state index in [0.717, 1.165) is 25.7 Å². The SMILES string of the molecule is CCCCCCCCCCCCCCNC(=O)CO[C@]1(CO)O[C@@H](O)[C@H](O)[C@H](O)[C@@H]1O[C@@H]1O[C@H](O)[C@@H](O)[C@H](O)[C@H]1O. The summed E-state index contributed by atoms with van der Waals surface area (Å²) in [5.41, 5.74) is 0. The van der Waals surface area contributed by atoms with Gasteiger partial charge in [0.15, 0.2) is 18.9 Å². The first-order valence-electron chi connectivity index (χ1n) is 14.8. The molecule has 0 spiro atoms. The Morgan fingerprint density at radius 3 is 1.83 bits per heavy atom.